The van der Waals surface area contributed by atoms with Crippen molar-refractivity contribution in [2.75, 3.05) is 33.4 Å². The lowest BCUT2D eigenvalue weighted by atomic mass is 9.88. The summed E-state index contributed by atoms with van der Waals surface area (Å²) in [5, 5.41) is 0. The maximum absolute atomic E-state index is 6.37. The van der Waals surface area contributed by atoms with E-state index in [9.17, 15) is 0 Å². The van der Waals surface area contributed by atoms with Crippen molar-refractivity contribution >= 4 is 0 Å². The second kappa shape index (κ2) is 7.84. The van der Waals surface area contributed by atoms with Crippen LogP contribution in [-0.4, -0.2) is 73.5 Å². The Kier molecular flexibility index (Phi) is 5.71. The first-order valence-electron chi connectivity index (χ1n) is 10.8. The summed E-state index contributed by atoms with van der Waals surface area (Å²) in [5.41, 5.74) is 0. The van der Waals surface area contributed by atoms with Gasteiger partial charge < -0.3 is 9.47 Å². The second-order valence-electron chi connectivity index (χ2n) is 9.49. The molecule has 5 atom stereocenters. The lowest BCUT2D eigenvalue weighted by Gasteiger charge is -2.42. The van der Waals surface area contributed by atoms with E-state index in [0.717, 1.165) is 30.5 Å². The minimum atomic E-state index is 0.484. The van der Waals surface area contributed by atoms with Crippen LogP contribution in [0, 0.1) is 11.8 Å². The molecule has 4 rings (SSSR count). The summed E-state index contributed by atoms with van der Waals surface area (Å²) in [6.45, 7) is 9.63. The minimum absolute atomic E-state index is 0.484. The van der Waals surface area contributed by atoms with Gasteiger partial charge in [0.05, 0.1) is 18.8 Å². The van der Waals surface area contributed by atoms with Crippen LogP contribution in [0.25, 0.3) is 0 Å². The van der Waals surface area contributed by atoms with Crippen molar-refractivity contribution in [3.8, 4) is 0 Å². The Morgan fingerprint density at radius 2 is 1.64 bits per heavy atom. The van der Waals surface area contributed by atoms with Gasteiger partial charge in [0.2, 0.25) is 0 Å². The van der Waals surface area contributed by atoms with Crippen molar-refractivity contribution < 1.29 is 9.47 Å². The molecule has 4 nitrogen and oxygen atoms in total. The van der Waals surface area contributed by atoms with Crippen molar-refractivity contribution in [3.05, 3.63) is 0 Å². The molecule has 2 aliphatic carbocycles. The van der Waals surface area contributed by atoms with Gasteiger partial charge in [0.25, 0.3) is 0 Å². The molecule has 4 heteroatoms. The topological polar surface area (TPSA) is 24.9 Å². The average molecular weight is 351 g/mol. The van der Waals surface area contributed by atoms with Crippen LogP contribution < -0.4 is 0 Å². The third-order valence-corrected chi connectivity index (χ3v) is 7.39. The molecule has 25 heavy (non-hydrogen) atoms. The molecule has 4 fully saturated rings. The van der Waals surface area contributed by atoms with Crippen molar-refractivity contribution in [3.63, 3.8) is 0 Å². The van der Waals surface area contributed by atoms with Gasteiger partial charge in [-0.3, -0.25) is 9.80 Å². The summed E-state index contributed by atoms with van der Waals surface area (Å²) in [5.74, 6) is 1.71. The van der Waals surface area contributed by atoms with Gasteiger partial charge in [-0.1, -0.05) is 13.8 Å². The van der Waals surface area contributed by atoms with E-state index in [1.165, 1.54) is 64.6 Å². The van der Waals surface area contributed by atoms with E-state index >= 15 is 0 Å². The van der Waals surface area contributed by atoms with Crippen molar-refractivity contribution in [2.45, 2.75) is 89.1 Å². The highest BCUT2D eigenvalue weighted by atomic mass is 16.5. The molecule has 3 unspecified atom stereocenters. The zero-order valence-electron chi connectivity index (χ0n) is 16.5. The van der Waals surface area contributed by atoms with Gasteiger partial charge in [-0.2, -0.15) is 0 Å². The van der Waals surface area contributed by atoms with Gasteiger partial charge in [-0.25, -0.2) is 0 Å². The van der Waals surface area contributed by atoms with Crippen LogP contribution in [0.4, 0.5) is 0 Å². The molecule has 0 amide bonds. The summed E-state index contributed by atoms with van der Waals surface area (Å²) in [7, 11) is 1.87. The number of hydrogen-bond acceptors (Lipinski definition) is 4. The summed E-state index contributed by atoms with van der Waals surface area (Å²) in [6, 6.07) is 2.18. The first kappa shape index (κ1) is 18.2. The molecule has 2 heterocycles. The molecule has 0 spiro atoms. The molecular weight excluding hydrogens is 312 g/mol. The van der Waals surface area contributed by atoms with Crippen molar-refractivity contribution in [1.82, 2.24) is 9.80 Å². The van der Waals surface area contributed by atoms with Gasteiger partial charge in [-0.05, 0) is 63.3 Å². The third kappa shape index (κ3) is 4.07. The Morgan fingerprint density at radius 3 is 2.32 bits per heavy atom. The SMILES string of the molecule is COC1CCC(N2C[C@@H](C)CC2COC2CC(N3CC[C@H](C)C3)C2)C1. The number of rotatable bonds is 6. The molecule has 4 aliphatic rings. The van der Waals surface area contributed by atoms with Crippen molar-refractivity contribution in [1.29, 1.82) is 0 Å². The number of methoxy groups -OCH3 is 1. The molecule has 0 aromatic carbocycles. The highest BCUT2D eigenvalue weighted by molar-refractivity contribution is 4.94. The Balaban J connectivity index is 1.21. The number of nitrogens with zero attached hydrogens (tertiary/aromatic N) is 2. The summed E-state index contributed by atoms with van der Waals surface area (Å²) >= 11 is 0. The number of ether oxygens (including phenoxy) is 2. The predicted molar refractivity (Wildman–Crippen MR) is 101 cm³/mol. The lowest BCUT2D eigenvalue weighted by molar-refractivity contribution is -0.0644. The largest absolute Gasteiger partial charge is 0.381 e. The van der Waals surface area contributed by atoms with Crippen LogP contribution >= 0.6 is 0 Å². The Hall–Kier alpha value is -0.160. The van der Waals surface area contributed by atoms with Gasteiger partial charge in [0.1, 0.15) is 0 Å². The zero-order valence-corrected chi connectivity index (χ0v) is 16.5. The van der Waals surface area contributed by atoms with E-state index in [4.69, 9.17) is 9.47 Å². The fourth-order valence-corrected chi connectivity index (χ4v) is 5.75. The fourth-order valence-electron chi connectivity index (χ4n) is 5.75. The molecule has 0 bridgehead atoms. The Bertz CT molecular complexity index is 440. The van der Waals surface area contributed by atoms with E-state index in [1.807, 2.05) is 7.11 Å². The predicted octanol–water partition coefficient (Wildman–Crippen LogP) is 3.15. The molecule has 0 N–H and O–H groups in total. The molecule has 0 aromatic heterocycles. The van der Waals surface area contributed by atoms with E-state index in [-0.39, 0.29) is 0 Å². The Labute approximate surface area is 154 Å². The van der Waals surface area contributed by atoms with Crippen LogP contribution in [0.5, 0.6) is 0 Å². The molecule has 144 valence electrons. The van der Waals surface area contributed by atoms with Crippen LogP contribution in [0.2, 0.25) is 0 Å². The fraction of sp³-hybridized carbons (Fsp3) is 1.00. The van der Waals surface area contributed by atoms with Crippen LogP contribution in [0.15, 0.2) is 0 Å². The van der Waals surface area contributed by atoms with Crippen LogP contribution in [0.1, 0.15) is 58.8 Å². The number of likely N-dealkylation sites (tertiary alicyclic amines) is 2. The molecule has 0 aromatic rings. The van der Waals surface area contributed by atoms with Gasteiger partial charge in [0.15, 0.2) is 0 Å². The normalized spacial score (nSPS) is 46.0. The number of hydrogen-bond donors (Lipinski definition) is 0. The standard InChI is InChI=1S/C21H38N2O2/c1-15-6-7-22(12-15)18-10-21(11-18)25-14-19-8-16(2)13-23(19)17-4-5-20(9-17)24-3/h15-21H,4-14H2,1-3H3/t15-,16-,17?,18?,19?,20?,21?/m0/s1. The van der Waals surface area contributed by atoms with Crippen LogP contribution in [-0.2, 0) is 9.47 Å². The average Bonchev–Trinajstić information content (AvgIpc) is 3.25. The van der Waals surface area contributed by atoms with E-state index in [0.29, 0.717) is 18.2 Å². The zero-order chi connectivity index (χ0) is 17.4. The molecule has 0 radical (unpaired) electrons. The van der Waals surface area contributed by atoms with E-state index < -0.39 is 0 Å². The minimum Gasteiger partial charge on any atom is -0.381 e. The maximum Gasteiger partial charge on any atom is 0.0625 e. The molecular formula is C21H38N2O2. The van der Waals surface area contributed by atoms with E-state index in [2.05, 4.69) is 23.6 Å². The van der Waals surface area contributed by atoms with Crippen LogP contribution in [0.3, 0.4) is 0 Å². The molecule has 2 aliphatic heterocycles. The van der Waals surface area contributed by atoms with Gasteiger partial charge in [-0.15, -0.1) is 0 Å². The summed E-state index contributed by atoms with van der Waals surface area (Å²) in [6.07, 6.45) is 10.0. The summed E-state index contributed by atoms with van der Waals surface area (Å²) < 4.78 is 12.0. The Morgan fingerprint density at radius 1 is 0.840 bits per heavy atom. The first-order chi connectivity index (χ1) is 12.1. The maximum atomic E-state index is 6.37. The molecule has 2 saturated carbocycles. The highest BCUT2D eigenvalue weighted by Crippen LogP contribution is 2.36. The van der Waals surface area contributed by atoms with Gasteiger partial charge in [0, 0.05) is 38.3 Å². The summed E-state index contributed by atoms with van der Waals surface area (Å²) in [4.78, 5) is 5.47. The monoisotopic (exact) mass is 350 g/mol. The lowest BCUT2D eigenvalue weighted by Crippen LogP contribution is -2.48. The third-order valence-electron chi connectivity index (χ3n) is 7.39. The first-order valence-corrected chi connectivity index (χ1v) is 10.8. The molecule has 2 saturated heterocycles. The van der Waals surface area contributed by atoms with Gasteiger partial charge >= 0.3 is 0 Å². The smallest absolute Gasteiger partial charge is 0.0625 e. The quantitative estimate of drug-likeness (QED) is 0.735. The highest BCUT2D eigenvalue weighted by Gasteiger charge is 2.40. The second-order valence-corrected chi connectivity index (χ2v) is 9.49. The van der Waals surface area contributed by atoms with Crippen molar-refractivity contribution in [2.24, 2.45) is 11.8 Å². The van der Waals surface area contributed by atoms with E-state index in [1.54, 1.807) is 0 Å².